The zero-order valence-corrected chi connectivity index (χ0v) is 11.1. The summed E-state index contributed by atoms with van der Waals surface area (Å²) < 4.78 is 27.3. The van der Waals surface area contributed by atoms with Gasteiger partial charge < -0.3 is 10.6 Å². The molecule has 0 saturated heterocycles. The van der Waals surface area contributed by atoms with Crippen molar-refractivity contribution in [2.75, 3.05) is 17.7 Å². The molecule has 0 saturated carbocycles. The van der Waals surface area contributed by atoms with Crippen LogP contribution < -0.4 is 10.6 Å². The van der Waals surface area contributed by atoms with Crippen LogP contribution in [0.4, 0.5) is 20.2 Å². The maximum absolute atomic E-state index is 13.7. The fraction of sp³-hybridized carbons (Fsp3) is 0.133. The van der Waals surface area contributed by atoms with E-state index in [1.54, 1.807) is 19.1 Å². The standard InChI is InChI=1S/C15H14F2N2O/c1-9-5-3-7-11(16)13(9)19-15(20)10-6-4-8-12(17)14(10)18-2/h3-8,18H,1-2H3,(H,19,20). The maximum atomic E-state index is 13.7. The quantitative estimate of drug-likeness (QED) is 0.899. The number of amides is 1. The molecule has 0 spiro atoms. The largest absolute Gasteiger partial charge is 0.385 e. The van der Waals surface area contributed by atoms with Gasteiger partial charge in [-0.2, -0.15) is 0 Å². The van der Waals surface area contributed by atoms with Crippen molar-refractivity contribution in [1.29, 1.82) is 0 Å². The monoisotopic (exact) mass is 276 g/mol. The second-order valence-electron chi connectivity index (χ2n) is 4.30. The average molecular weight is 276 g/mol. The number of carbonyl (C=O) groups excluding carboxylic acids is 1. The van der Waals surface area contributed by atoms with Crippen LogP contribution in [0.3, 0.4) is 0 Å². The molecule has 0 aliphatic heterocycles. The minimum Gasteiger partial charge on any atom is -0.385 e. The van der Waals surface area contributed by atoms with E-state index in [-0.39, 0.29) is 16.9 Å². The van der Waals surface area contributed by atoms with Crippen LogP contribution in [0.15, 0.2) is 36.4 Å². The highest BCUT2D eigenvalue weighted by Gasteiger charge is 2.16. The van der Waals surface area contributed by atoms with E-state index in [1.807, 2.05) is 0 Å². The Balaban J connectivity index is 2.36. The predicted octanol–water partition coefficient (Wildman–Crippen LogP) is 3.57. The Kier molecular flexibility index (Phi) is 3.98. The highest BCUT2D eigenvalue weighted by molar-refractivity contribution is 6.08. The van der Waals surface area contributed by atoms with Crippen molar-refractivity contribution in [2.24, 2.45) is 0 Å². The molecule has 0 bridgehead atoms. The zero-order valence-electron chi connectivity index (χ0n) is 11.1. The predicted molar refractivity (Wildman–Crippen MR) is 75.0 cm³/mol. The minimum absolute atomic E-state index is 0.0824. The van der Waals surface area contributed by atoms with E-state index in [9.17, 15) is 13.6 Å². The first-order chi connectivity index (χ1) is 9.54. The molecule has 0 unspecified atom stereocenters. The lowest BCUT2D eigenvalue weighted by atomic mass is 10.1. The molecule has 0 radical (unpaired) electrons. The molecule has 0 fully saturated rings. The second-order valence-corrected chi connectivity index (χ2v) is 4.30. The van der Waals surface area contributed by atoms with E-state index < -0.39 is 17.5 Å². The smallest absolute Gasteiger partial charge is 0.257 e. The van der Waals surface area contributed by atoms with Crippen LogP contribution in [0.5, 0.6) is 0 Å². The van der Waals surface area contributed by atoms with Gasteiger partial charge in [-0.3, -0.25) is 4.79 Å². The Bertz CT molecular complexity index is 636. The number of rotatable bonds is 3. The highest BCUT2D eigenvalue weighted by Crippen LogP contribution is 2.23. The first-order valence-corrected chi connectivity index (χ1v) is 6.07. The Morgan fingerprint density at radius 2 is 1.60 bits per heavy atom. The lowest BCUT2D eigenvalue weighted by Gasteiger charge is -2.12. The Morgan fingerprint density at radius 1 is 1.00 bits per heavy atom. The number of benzene rings is 2. The molecule has 20 heavy (non-hydrogen) atoms. The molecule has 1 amide bonds. The Labute approximate surface area is 115 Å². The van der Waals surface area contributed by atoms with Crippen LogP contribution in [0, 0.1) is 18.6 Å². The van der Waals surface area contributed by atoms with Gasteiger partial charge in [0.1, 0.15) is 11.6 Å². The van der Waals surface area contributed by atoms with Gasteiger partial charge in [0.2, 0.25) is 0 Å². The maximum Gasteiger partial charge on any atom is 0.257 e. The molecule has 0 aliphatic rings. The second kappa shape index (κ2) is 5.69. The van der Waals surface area contributed by atoms with Crippen LogP contribution in [-0.4, -0.2) is 13.0 Å². The fourth-order valence-corrected chi connectivity index (χ4v) is 1.94. The van der Waals surface area contributed by atoms with E-state index in [1.165, 1.54) is 31.3 Å². The average Bonchev–Trinajstić information content (AvgIpc) is 2.42. The lowest BCUT2D eigenvalue weighted by Crippen LogP contribution is -2.16. The summed E-state index contributed by atoms with van der Waals surface area (Å²) in [5.74, 6) is -1.63. The molecular weight excluding hydrogens is 262 g/mol. The van der Waals surface area contributed by atoms with Gasteiger partial charge in [-0.25, -0.2) is 8.78 Å². The topological polar surface area (TPSA) is 41.1 Å². The van der Waals surface area contributed by atoms with E-state index >= 15 is 0 Å². The number of halogens is 2. The van der Waals surface area contributed by atoms with E-state index in [0.717, 1.165) is 0 Å². The van der Waals surface area contributed by atoms with Crippen molar-refractivity contribution in [2.45, 2.75) is 6.92 Å². The number of hydrogen-bond acceptors (Lipinski definition) is 2. The number of anilines is 2. The van der Waals surface area contributed by atoms with Crippen LogP contribution in [0.2, 0.25) is 0 Å². The molecular formula is C15H14F2N2O. The third-order valence-electron chi connectivity index (χ3n) is 2.97. The Morgan fingerprint density at radius 3 is 2.20 bits per heavy atom. The summed E-state index contributed by atoms with van der Waals surface area (Å²) in [5.41, 5.74) is 0.902. The molecule has 2 rings (SSSR count). The van der Waals surface area contributed by atoms with Crippen molar-refractivity contribution in [3.8, 4) is 0 Å². The number of hydrogen-bond donors (Lipinski definition) is 2. The summed E-state index contributed by atoms with van der Waals surface area (Å²) in [6, 6.07) is 8.65. The molecule has 3 nitrogen and oxygen atoms in total. The van der Waals surface area contributed by atoms with E-state index in [2.05, 4.69) is 10.6 Å². The molecule has 2 aromatic carbocycles. The van der Waals surface area contributed by atoms with Gasteiger partial charge in [0.05, 0.1) is 16.9 Å². The summed E-state index contributed by atoms with van der Waals surface area (Å²) in [5, 5.41) is 5.11. The van der Waals surface area contributed by atoms with Gasteiger partial charge in [0, 0.05) is 7.05 Å². The van der Waals surface area contributed by atoms with E-state index in [4.69, 9.17) is 0 Å². The summed E-state index contributed by atoms with van der Waals surface area (Å²) in [6.45, 7) is 1.68. The van der Waals surface area contributed by atoms with E-state index in [0.29, 0.717) is 5.56 Å². The third-order valence-corrected chi connectivity index (χ3v) is 2.97. The lowest BCUT2D eigenvalue weighted by molar-refractivity contribution is 0.102. The van der Waals surface area contributed by atoms with Gasteiger partial charge in [-0.05, 0) is 30.7 Å². The first kappa shape index (κ1) is 14.0. The summed E-state index contributed by atoms with van der Waals surface area (Å²) in [7, 11) is 1.52. The SMILES string of the molecule is CNc1c(F)cccc1C(=O)Nc1c(C)cccc1F. The fourth-order valence-electron chi connectivity index (χ4n) is 1.94. The summed E-state index contributed by atoms with van der Waals surface area (Å²) in [4.78, 5) is 12.2. The summed E-state index contributed by atoms with van der Waals surface area (Å²) >= 11 is 0. The molecule has 0 atom stereocenters. The Hall–Kier alpha value is -2.43. The van der Waals surface area contributed by atoms with Crippen molar-refractivity contribution in [1.82, 2.24) is 0 Å². The molecule has 5 heteroatoms. The van der Waals surface area contributed by atoms with Crippen molar-refractivity contribution in [3.63, 3.8) is 0 Å². The summed E-state index contributed by atoms with van der Waals surface area (Å²) in [6.07, 6.45) is 0. The molecule has 104 valence electrons. The first-order valence-electron chi connectivity index (χ1n) is 6.07. The normalized spacial score (nSPS) is 10.2. The van der Waals surface area contributed by atoms with Crippen LogP contribution in [0.25, 0.3) is 0 Å². The molecule has 2 N–H and O–H groups in total. The van der Waals surface area contributed by atoms with Crippen LogP contribution in [-0.2, 0) is 0 Å². The van der Waals surface area contributed by atoms with Gasteiger partial charge in [-0.15, -0.1) is 0 Å². The number of nitrogens with one attached hydrogen (secondary N) is 2. The highest BCUT2D eigenvalue weighted by atomic mass is 19.1. The third kappa shape index (κ3) is 2.61. The molecule has 0 aliphatic carbocycles. The van der Waals surface area contributed by atoms with Gasteiger partial charge >= 0.3 is 0 Å². The number of carbonyl (C=O) groups is 1. The van der Waals surface area contributed by atoms with Crippen molar-refractivity contribution >= 4 is 17.3 Å². The van der Waals surface area contributed by atoms with Gasteiger partial charge in [0.15, 0.2) is 0 Å². The number of aryl methyl sites for hydroxylation is 1. The van der Waals surface area contributed by atoms with Crippen LogP contribution >= 0.6 is 0 Å². The molecule has 2 aromatic rings. The number of para-hydroxylation sites is 2. The minimum atomic E-state index is -0.568. The zero-order chi connectivity index (χ0) is 14.7. The molecule has 0 aromatic heterocycles. The van der Waals surface area contributed by atoms with Gasteiger partial charge in [0.25, 0.3) is 5.91 Å². The van der Waals surface area contributed by atoms with Gasteiger partial charge in [-0.1, -0.05) is 18.2 Å². The van der Waals surface area contributed by atoms with Crippen LogP contribution in [0.1, 0.15) is 15.9 Å². The van der Waals surface area contributed by atoms with Crippen molar-refractivity contribution < 1.29 is 13.6 Å². The van der Waals surface area contributed by atoms with Crippen molar-refractivity contribution in [3.05, 3.63) is 59.2 Å². The molecule has 0 heterocycles.